The number of hydrogen-bond acceptors (Lipinski definition) is 4. The first kappa shape index (κ1) is 20.5. The fourth-order valence-corrected chi connectivity index (χ4v) is 2.96. The summed E-state index contributed by atoms with van der Waals surface area (Å²) in [6.45, 7) is 3.08. The number of para-hydroxylation sites is 2. The van der Waals surface area contributed by atoms with Gasteiger partial charge in [-0.15, -0.1) is 0 Å². The fraction of sp³-hybridized carbons (Fsp3) is 0.364. The molecular weight excluding hydrogens is 340 g/mol. The van der Waals surface area contributed by atoms with Crippen LogP contribution in [0.25, 0.3) is 0 Å². The number of amides is 1. The lowest BCUT2D eigenvalue weighted by molar-refractivity contribution is 0.0602. The summed E-state index contributed by atoms with van der Waals surface area (Å²) in [6.07, 6.45) is 4.69. The molecule has 27 heavy (non-hydrogen) atoms. The molecule has 0 aliphatic heterocycles. The lowest BCUT2D eigenvalue weighted by Gasteiger charge is -2.22. The molecule has 0 saturated carbocycles. The van der Waals surface area contributed by atoms with E-state index in [1.807, 2.05) is 25.2 Å². The van der Waals surface area contributed by atoms with Crippen LogP contribution in [0.2, 0.25) is 0 Å². The molecule has 0 fully saturated rings. The van der Waals surface area contributed by atoms with Crippen LogP contribution in [0, 0.1) is 0 Å². The first-order valence-corrected chi connectivity index (χ1v) is 9.37. The van der Waals surface area contributed by atoms with Crippen LogP contribution in [-0.4, -0.2) is 32.6 Å². The Morgan fingerprint density at radius 1 is 0.963 bits per heavy atom. The number of hydrogen-bond donors (Lipinski definition) is 1. The second kappa shape index (κ2) is 10.4. The highest BCUT2D eigenvalue weighted by atomic mass is 16.5. The molecule has 144 valence electrons. The number of anilines is 2. The molecule has 1 amide bonds. The molecule has 0 aliphatic carbocycles. The predicted molar refractivity (Wildman–Crippen MR) is 110 cm³/mol. The average molecular weight is 368 g/mol. The van der Waals surface area contributed by atoms with Gasteiger partial charge in [-0.05, 0) is 30.7 Å². The van der Waals surface area contributed by atoms with E-state index < -0.39 is 5.97 Å². The maximum absolute atomic E-state index is 12.9. The quantitative estimate of drug-likeness (QED) is 0.513. The number of benzene rings is 2. The van der Waals surface area contributed by atoms with Gasteiger partial charge in [0.15, 0.2) is 0 Å². The molecule has 0 bridgehead atoms. The smallest absolute Gasteiger partial charge is 0.339 e. The molecule has 2 rings (SSSR count). The summed E-state index contributed by atoms with van der Waals surface area (Å²) in [6, 6.07) is 14.4. The Morgan fingerprint density at radius 3 is 2.33 bits per heavy atom. The zero-order valence-electron chi connectivity index (χ0n) is 16.3. The highest BCUT2D eigenvalue weighted by Crippen LogP contribution is 2.23. The van der Waals surface area contributed by atoms with E-state index in [1.54, 1.807) is 30.3 Å². The van der Waals surface area contributed by atoms with E-state index in [4.69, 9.17) is 4.74 Å². The van der Waals surface area contributed by atoms with Crippen molar-refractivity contribution in [1.82, 2.24) is 0 Å². The first-order chi connectivity index (χ1) is 13.1. The summed E-state index contributed by atoms with van der Waals surface area (Å²) in [5, 5.41) is 2.85. The van der Waals surface area contributed by atoms with Crippen molar-refractivity contribution in [3.63, 3.8) is 0 Å². The molecule has 0 heterocycles. The van der Waals surface area contributed by atoms with Crippen molar-refractivity contribution in [1.29, 1.82) is 0 Å². The lowest BCUT2D eigenvalue weighted by atomic mass is 10.1. The summed E-state index contributed by atoms with van der Waals surface area (Å²) < 4.78 is 4.79. The summed E-state index contributed by atoms with van der Waals surface area (Å²) in [5.41, 5.74) is 2.23. The molecule has 0 atom stereocenters. The number of rotatable bonds is 9. The molecule has 0 unspecified atom stereocenters. The van der Waals surface area contributed by atoms with Crippen molar-refractivity contribution in [2.45, 2.75) is 32.6 Å². The van der Waals surface area contributed by atoms with Crippen LogP contribution < -0.4 is 10.2 Å². The summed E-state index contributed by atoms with van der Waals surface area (Å²) in [4.78, 5) is 26.9. The SMILES string of the molecule is CCCCCCN(C)c1ccccc1C(=O)Nc1ccccc1C(=O)OC. The number of carbonyl (C=O) groups is 2. The second-order valence-electron chi connectivity index (χ2n) is 6.49. The zero-order chi connectivity index (χ0) is 19.6. The Balaban J connectivity index is 2.17. The summed E-state index contributed by atoms with van der Waals surface area (Å²) >= 11 is 0. The van der Waals surface area contributed by atoms with Crippen LogP contribution in [0.5, 0.6) is 0 Å². The van der Waals surface area contributed by atoms with Crippen LogP contribution in [0.15, 0.2) is 48.5 Å². The van der Waals surface area contributed by atoms with Crippen molar-refractivity contribution in [2.24, 2.45) is 0 Å². The number of nitrogens with zero attached hydrogens (tertiary/aromatic N) is 1. The molecule has 0 aliphatic rings. The van der Waals surface area contributed by atoms with Crippen molar-refractivity contribution in [2.75, 3.05) is 30.9 Å². The number of carbonyl (C=O) groups excluding carboxylic acids is 2. The molecule has 0 aromatic heterocycles. The van der Waals surface area contributed by atoms with Gasteiger partial charge < -0.3 is 15.0 Å². The minimum absolute atomic E-state index is 0.248. The second-order valence-corrected chi connectivity index (χ2v) is 6.49. The van der Waals surface area contributed by atoms with Crippen molar-refractivity contribution >= 4 is 23.3 Å². The van der Waals surface area contributed by atoms with Gasteiger partial charge in [-0.1, -0.05) is 50.5 Å². The highest BCUT2D eigenvalue weighted by molar-refractivity contribution is 6.10. The van der Waals surface area contributed by atoms with Crippen molar-refractivity contribution < 1.29 is 14.3 Å². The van der Waals surface area contributed by atoms with Gasteiger partial charge in [-0.2, -0.15) is 0 Å². The highest BCUT2D eigenvalue weighted by Gasteiger charge is 2.17. The molecule has 5 nitrogen and oxygen atoms in total. The first-order valence-electron chi connectivity index (χ1n) is 9.37. The minimum Gasteiger partial charge on any atom is -0.465 e. The summed E-state index contributed by atoms with van der Waals surface area (Å²) in [7, 11) is 3.32. The fourth-order valence-electron chi connectivity index (χ4n) is 2.96. The molecule has 0 radical (unpaired) electrons. The average Bonchev–Trinajstić information content (AvgIpc) is 2.70. The van der Waals surface area contributed by atoms with E-state index in [2.05, 4.69) is 17.1 Å². The Bertz CT molecular complexity index is 774. The third kappa shape index (κ3) is 5.58. The molecular formula is C22H28N2O3. The van der Waals surface area contributed by atoms with E-state index in [1.165, 1.54) is 26.4 Å². The normalized spacial score (nSPS) is 10.3. The number of nitrogens with one attached hydrogen (secondary N) is 1. The van der Waals surface area contributed by atoms with Gasteiger partial charge in [0.25, 0.3) is 5.91 Å². The van der Waals surface area contributed by atoms with Gasteiger partial charge in [0, 0.05) is 19.3 Å². The molecule has 2 aromatic rings. The third-order valence-electron chi connectivity index (χ3n) is 4.49. The van der Waals surface area contributed by atoms with Gasteiger partial charge in [0.2, 0.25) is 0 Å². The maximum Gasteiger partial charge on any atom is 0.339 e. The Kier molecular flexibility index (Phi) is 7.86. The van der Waals surface area contributed by atoms with Crippen LogP contribution in [0.4, 0.5) is 11.4 Å². The Labute approximate surface area is 161 Å². The monoisotopic (exact) mass is 368 g/mol. The Morgan fingerprint density at radius 2 is 1.63 bits per heavy atom. The number of esters is 1. The number of ether oxygens (including phenoxy) is 1. The summed E-state index contributed by atoms with van der Waals surface area (Å²) in [5.74, 6) is -0.727. The predicted octanol–water partition coefficient (Wildman–Crippen LogP) is 4.74. The van der Waals surface area contributed by atoms with Gasteiger partial charge in [0.05, 0.1) is 23.9 Å². The number of unbranched alkanes of at least 4 members (excludes halogenated alkanes) is 3. The van der Waals surface area contributed by atoms with E-state index in [0.717, 1.165) is 18.7 Å². The van der Waals surface area contributed by atoms with E-state index in [9.17, 15) is 9.59 Å². The third-order valence-corrected chi connectivity index (χ3v) is 4.49. The molecule has 5 heteroatoms. The Hall–Kier alpha value is -2.82. The minimum atomic E-state index is -0.479. The standard InChI is InChI=1S/C22H28N2O3/c1-4-5-6-11-16-24(2)20-15-10-8-13-18(20)21(25)23-19-14-9-7-12-17(19)22(26)27-3/h7-10,12-15H,4-6,11,16H2,1-3H3,(H,23,25). The largest absolute Gasteiger partial charge is 0.465 e. The van der Waals surface area contributed by atoms with Gasteiger partial charge in [0.1, 0.15) is 0 Å². The molecule has 0 saturated heterocycles. The van der Waals surface area contributed by atoms with Gasteiger partial charge in [-0.25, -0.2) is 4.79 Å². The maximum atomic E-state index is 12.9. The van der Waals surface area contributed by atoms with Gasteiger partial charge in [-0.3, -0.25) is 4.79 Å². The molecule has 2 aromatic carbocycles. The van der Waals surface area contributed by atoms with Crippen LogP contribution in [0.3, 0.4) is 0 Å². The topological polar surface area (TPSA) is 58.6 Å². The van der Waals surface area contributed by atoms with E-state index in [0.29, 0.717) is 16.8 Å². The van der Waals surface area contributed by atoms with E-state index in [-0.39, 0.29) is 5.91 Å². The van der Waals surface area contributed by atoms with E-state index >= 15 is 0 Å². The molecule has 0 spiro atoms. The lowest BCUT2D eigenvalue weighted by Crippen LogP contribution is -2.23. The van der Waals surface area contributed by atoms with Gasteiger partial charge >= 0.3 is 5.97 Å². The zero-order valence-corrected chi connectivity index (χ0v) is 16.3. The van der Waals surface area contributed by atoms with Crippen LogP contribution >= 0.6 is 0 Å². The number of methoxy groups -OCH3 is 1. The van der Waals surface area contributed by atoms with Crippen molar-refractivity contribution in [3.05, 3.63) is 59.7 Å². The van der Waals surface area contributed by atoms with Crippen molar-refractivity contribution in [3.8, 4) is 0 Å². The van der Waals surface area contributed by atoms with Crippen LogP contribution in [-0.2, 0) is 4.74 Å². The van der Waals surface area contributed by atoms with Crippen LogP contribution in [0.1, 0.15) is 53.3 Å². The molecule has 1 N–H and O–H groups in total.